The van der Waals surface area contributed by atoms with Gasteiger partial charge in [0.1, 0.15) is 0 Å². The van der Waals surface area contributed by atoms with Gasteiger partial charge in [-0.15, -0.1) is 0 Å². The van der Waals surface area contributed by atoms with Crippen LogP contribution in [0.1, 0.15) is 19.3 Å². The van der Waals surface area contributed by atoms with Gasteiger partial charge in [-0.1, -0.05) is 29.7 Å². The summed E-state index contributed by atoms with van der Waals surface area (Å²) in [4.78, 5) is 36.0. The Hall–Kier alpha value is -2.55. The molecule has 0 amide bonds. The lowest BCUT2D eigenvalue weighted by Gasteiger charge is -2.28. The number of ether oxygens (including phenoxy) is 3. The summed E-state index contributed by atoms with van der Waals surface area (Å²) in [6.45, 7) is 0. The number of methoxy groups -OCH3 is 3. The predicted octanol–water partition coefficient (Wildman–Crippen LogP) is 1.41. The molecule has 128 valence electrons. The van der Waals surface area contributed by atoms with Crippen molar-refractivity contribution in [1.82, 2.24) is 0 Å². The fourth-order valence-electron chi connectivity index (χ4n) is 3.21. The van der Waals surface area contributed by atoms with Gasteiger partial charge in [-0.25, -0.2) is 4.79 Å². The summed E-state index contributed by atoms with van der Waals surface area (Å²) in [5, 5.41) is 0. The molecule has 0 aliphatic heterocycles. The highest BCUT2D eigenvalue weighted by atomic mass is 16.5. The third-order valence-corrected chi connectivity index (χ3v) is 4.45. The van der Waals surface area contributed by atoms with Crippen LogP contribution in [0.15, 0.2) is 23.8 Å². The van der Waals surface area contributed by atoms with Crippen molar-refractivity contribution in [3.05, 3.63) is 23.8 Å². The molecule has 0 N–H and O–H groups in total. The van der Waals surface area contributed by atoms with Crippen LogP contribution in [-0.4, -0.2) is 39.2 Å². The number of rotatable bonds is 5. The van der Waals surface area contributed by atoms with E-state index < -0.39 is 23.3 Å². The van der Waals surface area contributed by atoms with Gasteiger partial charge >= 0.3 is 17.9 Å². The summed E-state index contributed by atoms with van der Waals surface area (Å²) in [6, 6.07) is 0. The molecule has 0 radical (unpaired) electrons. The first-order chi connectivity index (χ1) is 11.5. The molecule has 2 unspecified atom stereocenters. The maximum absolute atomic E-state index is 12.4. The van der Waals surface area contributed by atoms with Gasteiger partial charge in [-0.3, -0.25) is 9.59 Å². The van der Waals surface area contributed by atoms with Crippen molar-refractivity contribution in [2.75, 3.05) is 21.3 Å². The Kier molecular flexibility index (Phi) is 5.45. The smallest absolute Gasteiger partial charge is 0.384 e. The van der Waals surface area contributed by atoms with Crippen molar-refractivity contribution in [2.24, 2.45) is 17.3 Å². The zero-order valence-electron chi connectivity index (χ0n) is 14.0. The largest absolute Gasteiger partial charge is 0.468 e. The molecule has 0 aromatic heterocycles. The highest BCUT2D eigenvalue weighted by Gasteiger charge is 2.50. The average Bonchev–Trinajstić information content (AvgIpc) is 3.21. The zero-order valence-corrected chi connectivity index (χ0v) is 14.0. The monoisotopic (exact) mass is 332 g/mol. The Morgan fingerprint density at radius 2 is 1.79 bits per heavy atom. The Balaban J connectivity index is 2.32. The molecule has 0 fully saturated rings. The van der Waals surface area contributed by atoms with Crippen LogP contribution in [0.3, 0.4) is 0 Å². The first-order valence-corrected chi connectivity index (χ1v) is 7.59. The molecule has 2 aliphatic carbocycles. The number of hydrogen-bond donors (Lipinski definition) is 0. The molecule has 0 saturated heterocycles. The molecular formula is C18H20O6. The van der Waals surface area contributed by atoms with Crippen molar-refractivity contribution in [1.29, 1.82) is 0 Å². The Labute approximate surface area is 140 Å². The fraction of sp³-hybridized carbons (Fsp3) is 0.500. The highest BCUT2D eigenvalue weighted by molar-refractivity contribution is 6.01. The van der Waals surface area contributed by atoms with Crippen LogP contribution in [0, 0.1) is 29.1 Å². The lowest BCUT2D eigenvalue weighted by molar-refractivity contribution is -0.168. The first-order valence-electron chi connectivity index (χ1n) is 7.59. The quantitative estimate of drug-likeness (QED) is 0.189. The molecule has 24 heavy (non-hydrogen) atoms. The highest BCUT2D eigenvalue weighted by Crippen LogP contribution is 2.45. The molecule has 2 rings (SSSR count). The SMILES string of the molecule is COC(=O)C#CCC(CC1=CC2C=CC1C2)(C(=O)OC)C(=O)OC. The summed E-state index contributed by atoms with van der Waals surface area (Å²) >= 11 is 0. The van der Waals surface area contributed by atoms with E-state index in [-0.39, 0.29) is 18.8 Å². The normalized spacial score (nSPS) is 20.7. The van der Waals surface area contributed by atoms with Gasteiger partial charge in [-0.05, 0) is 24.7 Å². The molecule has 6 nitrogen and oxygen atoms in total. The standard InChI is InChI=1S/C18H20O6/c1-22-15(19)5-4-8-18(16(20)23-2,17(21)24-3)11-14-10-12-6-7-13(14)9-12/h6-7,10,12-13H,8-9,11H2,1-3H3. The van der Waals surface area contributed by atoms with E-state index >= 15 is 0 Å². The van der Waals surface area contributed by atoms with Crippen LogP contribution in [-0.2, 0) is 28.6 Å². The minimum Gasteiger partial charge on any atom is -0.468 e. The summed E-state index contributed by atoms with van der Waals surface area (Å²) in [7, 11) is 3.63. The second-order valence-corrected chi connectivity index (χ2v) is 5.84. The van der Waals surface area contributed by atoms with Gasteiger partial charge in [-0.2, -0.15) is 0 Å². The van der Waals surface area contributed by atoms with E-state index in [1.807, 2.05) is 0 Å². The van der Waals surface area contributed by atoms with Crippen molar-refractivity contribution in [3.8, 4) is 11.8 Å². The molecule has 0 spiro atoms. The maximum atomic E-state index is 12.4. The van der Waals surface area contributed by atoms with E-state index in [1.54, 1.807) is 0 Å². The zero-order chi connectivity index (χ0) is 17.7. The van der Waals surface area contributed by atoms with E-state index in [2.05, 4.69) is 34.8 Å². The topological polar surface area (TPSA) is 78.9 Å². The van der Waals surface area contributed by atoms with E-state index in [9.17, 15) is 14.4 Å². The first kappa shape index (κ1) is 17.8. The van der Waals surface area contributed by atoms with Gasteiger partial charge in [0.2, 0.25) is 0 Å². The molecule has 6 heteroatoms. The lowest BCUT2D eigenvalue weighted by Crippen LogP contribution is -2.41. The number of carbonyl (C=O) groups excluding carboxylic acids is 3. The average molecular weight is 332 g/mol. The van der Waals surface area contributed by atoms with Gasteiger partial charge in [0.05, 0.1) is 21.3 Å². The van der Waals surface area contributed by atoms with Crippen molar-refractivity contribution in [3.63, 3.8) is 0 Å². The second kappa shape index (κ2) is 7.35. The predicted molar refractivity (Wildman–Crippen MR) is 84.3 cm³/mol. The van der Waals surface area contributed by atoms with Crippen LogP contribution in [0.2, 0.25) is 0 Å². The number of esters is 3. The molecule has 0 heterocycles. The molecule has 2 atom stereocenters. The van der Waals surface area contributed by atoms with E-state index in [4.69, 9.17) is 9.47 Å². The van der Waals surface area contributed by atoms with Crippen molar-refractivity contribution in [2.45, 2.75) is 19.3 Å². The minimum atomic E-state index is -1.59. The summed E-state index contributed by atoms with van der Waals surface area (Å²) in [5.74, 6) is 3.19. The Morgan fingerprint density at radius 1 is 1.12 bits per heavy atom. The summed E-state index contributed by atoms with van der Waals surface area (Å²) in [6.07, 6.45) is 7.21. The van der Waals surface area contributed by atoms with Crippen LogP contribution in [0.4, 0.5) is 0 Å². The Morgan fingerprint density at radius 3 is 2.25 bits per heavy atom. The van der Waals surface area contributed by atoms with Crippen LogP contribution in [0.25, 0.3) is 0 Å². The molecular weight excluding hydrogens is 312 g/mol. The fourth-order valence-corrected chi connectivity index (χ4v) is 3.21. The number of carbonyl (C=O) groups is 3. The van der Waals surface area contributed by atoms with Gasteiger partial charge in [0.25, 0.3) is 0 Å². The van der Waals surface area contributed by atoms with E-state index in [0.717, 1.165) is 12.0 Å². The van der Waals surface area contributed by atoms with Crippen LogP contribution >= 0.6 is 0 Å². The van der Waals surface area contributed by atoms with Crippen molar-refractivity contribution < 1.29 is 28.6 Å². The van der Waals surface area contributed by atoms with Gasteiger partial charge in [0, 0.05) is 12.3 Å². The minimum absolute atomic E-state index is 0.160. The van der Waals surface area contributed by atoms with Crippen LogP contribution in [0.5, 0.6) is 0 Å². The lowest BCUT2D eigenvalue weighted by atomic mass is 9.76. The van der Waals surface area contributed by atoms with Crippen molar-refractivity contribution >= 4 is 17.9 Å². The van der Waals surface area contributed by atoms with Crippen LogP contribution < -0.4 is 0 Å². The second-order valence-electron chi connectivity index (χ2n) is 5.84. The van der Waals surface area contributed by atoms with Gasteiger partial charge < -0.3 is 14.2 Å². The third kappa shape index (κ3) is 3.35. The molecule has 2 aliphatic rings. The van der Waals surface area contributed by atoms with E-state index in [0.29, 0.717) is 5.92 Å². The number of allylic oxidation sites excluding steroid dienone is 4. The van der Waals surface area contributed by atoms with Gasteiger partial charge in [0.15, 0.2) is 5.41 Å². The number of fused-ring (bicyclic) bond motifs is 2. The number of hydrogen-bond acceptors (Lipinski definition) is 6. The Bertz CT molecular complexity index is 645. The van der Waals surface area contributed by atoms with E-state index in [1.165, 1.54) is 21.3 Å². The maximum Gasteiger partial charge on any atom is 0.384 e. The molecule has 0 aromatic rings. The third-order valence-electron chi connectivity index (χ3n) is 4.45. The molecule has 2 bridgehead atoms. The molecule has 0 aromatic carbocycles. The summed E-state index contributed by atoms with van der Waals surface area (Å²) < 4.78 is 14.1. The summed E-state index contributed by atoms with van der Waals surface area (Å²) in [5.41, 5.74) is -0.590. The molecule has 0 saturated carbocycles.